The second-order valence-corrected chi connectivity index (χ2v) is 3.23. The van der Waals surface area contributed by atoms with Gasteiger partial charge in [-0.2, -0.15) is 0 Å². The van der Waals surface area contributed by atoms with Gasteiger partial charge in [0.2, 0.25) is 0 Å². The molecule has 1 nitrogen and oxygen atoms in total. The molecule has 8 heavy (non-hydrogen) atoms. The average Bonchev–Trinajstić information content (AvgIpc) is 1.77. The number of halogens is 1. The van der Waals surface area contributed by atoms with Crippen molar-refractivity contribution in [2.75, 3.05) is 12.4 Å². The van der Waals surface area contributed by atoms with Crippen molar-refractivity contribution >= 4 is 23.4 Å². The summed E-state index contributed by atoms with van der Waals surface area (Å²) < 4.78 is 5.92. The van der Waals surface area contributed by atoms with E-state index in [4.69, 9.17) is 16.3 Å². The number of allylic oxidation sites excluding steroid dienone is 1. The summed E-state index contributed by atoms with van der Waals surface area (Å²) >= 11 is 7.33. The maximum absolute atomic E-state index is 5.68. The summed E-state index contributed by atoms with van der Waals surface area (Å²) in [5, 5.41) is 0. The molecule has 1 rings (SSSR count). The van der Waals surface area contributed by atoms with Crippen LogP contribution in [0.1, 0.15) is 6.92 Å². The van der Waals surface area contributed by atoms with Gasteiger partial charge in [-0.1, -0.05) is 11.6 Å². The first-order chi connectivity index (χ1) is 3.80. The van der Waals surface area contributed by atoms with Crippen molar-refractivity contribution in [1.29, 1.82) is 0 Å². The van der Waals surface area contributed by atoms with Crippen LogP contribution in [0.15, 0.2) is 10.1 Å². The van der Waals surface area contributed by atoms with Crippen LogP contribution >= 0.6 is 23.4 Å². The lowest BCUT2D eigenvalue weighted by Gasteiger charge is -2.12. The largest absolute Gasteiger partial charge is 0.495 e. The number of ether oxygens (including phenoxy) is 1. The zero-order chi connectivity index (χ0) is 5.98. The van der Waals surface area contributed by atoms with Gasteiger partial charge in [-0.3, -0.25) is 0 Å². The molecule has 0 amide bonds. The van der Waals surface area contributed by atoms with Gasteiger partial charge in [0.15, 0.2) is 0 Å². The van der Waals surface area contributed by atoms with Gasteiger partial charge in [-0.25, -0.2) is 0 Å². The molecule has 0 spiro atoms. The van der Waals surface area contributed by atoms with Gasteiger partial charge in [0.05, 0.1) is 6.61 Å². The monoisotopic (exact) mass is 150 g/mol. The van der Waals surface area contributed by atoms with Crippen LogP contribution in [-0.2, 0) is 4.74 Å². The molecule has 0 aromatic carbocycles. The first-order valence-corrected chi connectivity index (χ1v) is 3.79. The molecule has 0 N–H and O–H groups in total. The standard InChI is InChI=1S/C5H7ClOS/c1-4-5(6)8-3-2-7-4/h2-3H2,1H3. The fourth-order valence-corrected chi connectivity index (χ4v) is 1.38. The second-order valence-electron chi connectivity index (χ2n) is 1.53. The van der Waals surface area contributed by atoms with Gasteiger partial charge in [0, 0.05) is 5.75 Å². The van der Waals surface area contributed by atoms with Crippen LogP contribution < -0.4 is 0 Å². The lowest BCUT2D eigenvalue weighted by Crippen LogP contribution is -2.01. The Bertz CT molecular complexity index is 108. The van der Waals surface area contributed by atoms with Gasteiger partial charge >= 0.3 is 0 Å². The van der Waals surface area contributed by atoms with Gasteiger partial charge < -0.3 is 4.74 Å². The van der Waals surface area contributed by atoms with Crippen molar-refractivity contribution < 1.29 is 4.74 Å². The molecule has 0 saturated heterocycles. The third-order valence-electron chi connectivity index (χ3n) is 0.907. The molecule has 0 radical (unpaired) electrons. The third kappa shape index (κ3) is 1.33. The summed E-state index contributed by atoms with van der Waals surface area (Å²) in [7, 11) is 0. The molecule has 46 valence electrons. The van der Waals surface area contributed by atoms with Gasteiger partial charge in [-0.15, -0.1) is 11.8 Å². The van der Waals surface area contributed by atoms with E-state index < -0.39 is 0 Å². The molecular formula is C5H7ClOS. The van der Waals surface area contributed by atoms with Crippen molar-refractivity contribution in [3.8, 4) is 0 Å². The maximum Gasteiger partial charge on any atom is 0.118 e. The van der Waals surface area contributed by atoms with E-state index in [0.717, 1.165) is 22.5 Å². The minimum absolute atomic E-state index is 0.798. The normalized spacial score (nSPS) is 20.8. The van der Waals surface area contributed by atoms with Crippen LogP contribution in [0.3, 0.4) is 0 Å². The zero-order valence-electron chi connectivity index (χ0n) is 4.61. The molecule has 1 heterocycles. The van der Waals surface area contributed by atoms with E-state index in [9.17, 15) is 0 Å². The summed E-state index contributed by atoms with van der Waals surface area (Å²) in [6.45, 7) is 2.68. The first kappa shape index (κ1) is 6.30. The molecule has 0 bridgehead atoms. The molecule has 0 atom stereocenters. The predicted octanol–water partition coefficient (Wildman–Crippen LogP) is 2.18. The smallest absolute Gasteiger partial charge is 0.118 e. The first-order valence-electron chi connectivity index (χ1n) is 2.42. The van der Waals surface area contributed by atoms with Crippen molar-refractivity contribution in [3.63, 3.8) is 0 Å². The summed E-state index contributed by atoms with van der Waals surface area (Å²) in [4.78, 5) is 0. The van der Waals surface area contributed by atoms with Crippen LogP contribution in [0.25, 0.3) is 0 Å². The Morgan fingerprint density at radius 1 is 1.75 bits per heavy atom. The predicted molar refractivity (Wildman–Crippen MR) is 37.0 cm³/mol. The number of rotatable bonds is 0. The summed E-state index contributed by atoms with van der Waals surface area (Å²) in [6, 6.07) is 0. The lowest BCUT2D eigenvalue weighted by atomic mass is 10.6. The van der Waals surface area contributed by atoms with Gasteiger partial charge in [0.25, 0.3) is 0 Å². The average molecular weight is 151 g/mol. The van der Waals surface area contributed by atoms with E-state index in [1.165, 1.54) is 0 Å². The molecule has 0 aromatic heterocycles. The second kappa shape index (κ2) is 2.65. The number of hydrogen-bond acceptors (Lipinski definition) is 2. The SMILES string of the molecule is CC1=C(Cl)SCCO1. The van der Waals surface area contributed by atoms with E-state index >= 15 is 0 Å². The Labute approximate surface area is 58.0 Å². The zero-order valence-corrected chi connectivity index (χ0v) is 6.18. The van der Waals surface area contributed by atoms with Crippen LogP contribution in [-0.4, -0.2) is 12.4 Å². The highest BCUT2D eigenvalue weighted by atomic mass is 35.5. The summed E-state index contributed by atoms with van der Waals surface area (Å²) in [5.74, 6) is 1.85. The number of thioether (sulfide) groups is 1. The molecular weight excluding hydrogens is 144 g/mol. The molecule has 0 unspecified atom stereocenters. The number of hydrogen-bond donors (Lipinski definition) is 0. The van der Waals surface area contributed by atoms with E-state index in [1.54, 1.807) is 11.8 Å². The van der Waals surface area contributed by atoms with Crippen LogP contribution in [0.2, 0.25) is 0 Å². The molecule has 0 aliphatic carbocycles. The fourth-order valence-electron chi connectivity index (χ4n) is 0.484. The molecule has 0 aromatic rings. The summed E-state index contributed by atoms with van der Waals surface area (Å²) in [6.07, 6.45) is 0. The van der Waals surface area contributed by atoms with Gasteiger partial charge in [-0.05, 0) is 6.92 Å². The molecule has 3 heteroatoms. The highest BCUT2D eigenvalue weighted by Crippen LogP contribution is 2.27. The van der Waals surface area contributed by atoms with Crippen molar-refractivity contribution in [3.05, 3.63) is 10.1 Å². The van der Waals surface area contributed by atoms with E-state index in [1.807, 2.05) is 6.92 Å². The Balaban J connectivity index is 2.60. The van der Waals surface area contributed by atoms with Crippen molar-refractivity contribution in [1.82, 2.24) is 0 Å². The Morgan fingerprint density at radius 2 is 2.50 bits per heavy atom. The lowest BCUT2D eigenvalue weighted by molar-refractivity contribution is 0.231. The van der Waals surface area contributed by atoms with E-state index in [-0.39, 0.29) is 0 Å². The van der Waals surface area contributed by atoms with Gasteiger partial charge in [0.1, 0.15) is 10.1 Å². The van der Waals surface area contributed by atoms with Crippen LogP contribution in [0.5, 0.6) is 0 Å². The topological polar surface area (TPSA) is 9.23 Å². The van der Waals surface area contributed by atoms with E-state index in [0.29, 0.717) is 0 Å². The maximum atomic E-state index is 5.68. The minimum atomic E-state index is 0.798. The van der Waals surface area contributed by atoms with Crippen molar-refractivity contribution in [2.45, 2.75) is 6.92 Å². The fraction of sp³-hybridized carbons (Fsp3) is 0.600. The van der Waals surface area contributed by atoms with Crippen molar-refractivity contribution in [2.24, 2.45) is 0 Å². The van der Waals surface area contributed by atoms with Crippen LogP contribution in [0.4, 0.5) is 0 Å². The van der Waals surface area contributed by atoms with Crippen LogP contribution in [0, 0.1) is 0 Å². The molecule has 1 aliphatic rings. The third-order valence-corrected chi connectivity index (χ3v) is 2.41. The Hall–Kier alpha value is 0.180. The molecule has 0 saturated carbocycles. The quantitative estimate of drug-likeness (QED) is 0.524. The highest BCUT2D eigenvalue weighted by Gasteiger charge is 2.06. The highest BCUT2D eigenvalue weighted by molar-refractivity contribution is 8.04. The minimum Gasteiger partial charge on any atom is -0.495 e. The molecule has 0 fully saturated rings. The summed E-state index contributed by atoms with van der Waals surface area (Å²) in [5.41, 5.74) is 0. The Kier molecular flexibility index (Phi) is 2.08. The Morgan fingerprint density at radius 3 is 2.88 bits per heavy atom. The van der Waals surface area contributed by atoms with E-state index in [2.05, 4.69) is 0 Å². The molecule has 1 aliphatic heterocycles.